The van der Waals surface area contributed by atoms with Crippen LogP contribution in [0.15, 0.2) is 90.3 Å². The van der Waals surface area contributed by atoms with Crippen molar-refractivity contribution in [3.63, 3.8) is 0 Å². The summed E-state index contributed by atoms with van der Waals surface area (Å²) < 4.78 is 32.9. The smallest absolute Gasteiger partial charge is 0.242 e. The first-order valence-corrected chi connectivity index (χ1v) is 14.5. The fraction of sp³-hybridized carbons (Fsp3) is 0.138. The Labute approximate surface area is 235 Å². The van der Waals surface area contributed by atoms with E-state index in [4.69, 9.17) is 15.7 Å². The molecule has 0 fully saturated rings. The van der Waals surface area contributed by atoms with Crippen LogP contribution in [-0.2, 0) is 16.4 Å². The topological polar surface area (TPSA) is 146 Å². The molecule has 204 valence electrons. The third-order valence-electron chi connectivity index (χ3n) is 7.32. The molecule has 1 aliphatic rings. The SMILES string of the molecule is Cc1ncccc1S(=O)(=O)N[C@H]1CCc2cc(-n3c(-c4cccnc4N)nc4ccc(-n5cccn5)nc43)ccc21. The monoisotopic (exact) mass is 563 g/mol. The number of hydrogen-bond donors (Lipinski definition) is 2. The van der Waals surface area contributed by atoms with Gasteiger partial charge in [0.25, 0.3) is 0 Å². The molecule has 41 heavy (non-hydrogen) atoms. The van der Waals surface area contributed by atoms with E-state index in [0.29, 0.717) is 52.7 Å². The standard InChI is InChI=1S/C29H25N9O2S/c1-18-25(6-3-13-31-18)41(39,40)36-23-10-7-19-17-20(8-9-21(19)23)38-28(22-5-2-14-32-27(22)30)34-24-11-12-26(35-29(24)38)37-16-4-15-33-37/h2-6,8-9,11-17,23,36H,7,10H2,1H3,(H2,30,32)/t23-/m0/s1. The Hall–Kier alpha value is -4.94. The van der Waals surface area contributed by atoms with E-state index in [1.807, 2.05) is 53.2 Å². The van der Waals surface area contributed by atoms with E-state index in [-0.39, 0.29) is 10.9 Å². The van der Waals surface area contributed by atoms with Crippen LogP contribution in [0.2, 0.25) is 0 Å². The molecule has 0 amide bonds. The Morgan fingerprint density at radius 3 is 2.63 bits per heavy atom. The second-order valence-corrected chi connectivity index (χ2v) is 11.5. The number of hydrogen-bond acceptors (Lipinski definition) is 8. The molecule has 1 atom stereocenters. The van der Waals surface area contributed by atoms with E-state index in [2.05, 4.69) is 25.9 Å². The van der Waals surface area contributed by atoms with Gasteiger partial charge in [-0.15, -0.1) is 0 Å². The first kappa shape index (κ1) is 25.1. The zero-order chi connectivity index (χ0) is 28.1. The van der Waals surface area contributed by atoms with Gasteiger partial charge in [-0.1, -0.05) is 6.07 Å². The molecule has 0 bridgehead atoms. The first-order valence-electron chi connectivity index (χ1n) is 13.1. The van der Waals surface area contributed by atoms with Crippen LogP contribution in [0.25, 0.3) is 34.1 Å². The molecule has 6 aromatic rings. The van der Waals surface area contributed by atoms with E-state index in [0.717, 1.165) is 16.8 Å². The highest BCUT2D eigenvalue weighted by Gasteiger charge is 2.29. The van der Waals surface area contributed by atoms with Crippen molar-refractivity contribution < 1.29 is 8.42 Å². The molecule has 0 spiro atoms. The number of nitrogens with zero attached hydrogens (tertiary/aromatic N) is 7. The second-order valence-electron chi connectivity index (χ2n) is 9.85. The molecule has 0 aliphatic heterocycles. The minimum Gasteiger partial charge on any atom is -0.383 e. The number of fused-ring (bicyclic) bond motifs is 2. The van der Waals surface area contributed by atoms with Gasteiger partial charge in [0.1, 0.15) is 16.2 Å². The van der Waals surface area contributed by atoms with Crippen molar-refractivity contribution >= 4 is 27.0 Å². The van der Waals surface area contributed by atoms with Crippen molar-refractivity contribution in [2.75, 3.05) is 5.73 Å². The summed E-state index contributed by atoms with van der Waals surface area (Å²) in [5.41, 5.74) is 11.6. The van der Waals surface area contributed by atoms with Crippen LogP contribution in [0.5, 0.6) is 0 Å². The van der Waals surface area contributed by atoms with Gasteiger partial charge in [0.15, 0.2) is 17.3 Å². The van der Waals surface area contributed by atoms with Crippen LogP contribution in [0.4, 0.5) is 5.82 Å². The average Bonchev–Trinajstić information content (AvgIpc) is 3.72. The number of sulfonamides is 1. The molecule has 0 saturated carbocycles. The lowest BCUT2D eigenvalue weighted by Crippen LogP contribution is -2.28. The Balaban J connectivity index is 1.33. The number of anilines is 1. The minimum atomic E-state index is -3.74. The van der Waals surface area contributed by atoms with E-state index < -0.39 is 10.0 Å². The average molecular weight is 564 g/mol. The van der Waals surface area contributed by atoms with Gasteiger partial charge in [0, 0.05) is 36.5 Å². The summed E-state index contributed by atoms with van der Waals surface area (Å²) in [5, 5.41) is 4.32. The molecule has 0 radical (unpaired) electrons. The van der Waals surface area contributed by atoms with E-state index in [9.17, 15) is 8.42 Å². The number of pyridine rings is 3. The predicted octanol–water partition coefficient (Wildman–Crippen LogP) is 3.92. The zero-order valence-corrected chi connectivity index (χ0v) is 22.8. The molecule has 1 aromatic carbocycles. The maximum Gasteiger partial charge on any atom is 0.242 e. The number of aryl methyl sites for hydroxylation is 2. The number of rotatable bonds is 6. The van der Waals surface area contributed by atoms with Gasteiger partial charge >= 0.3 is 0 Å². The maximum atomic E-state index is 13.2. The maximum absolute atomic E-state index is 13.2. The lowest BCUT2D eigenvalue weighted by molar-refractivity contribution is 0.553. The molecule has 3 N–H and O–H groups in total. The third-order valence-corrected chi connectivity index (χ3v) is 8.92. The summed E-state index contributed by atoms with van der Waals surface area (Å²) in [6.07, 6.45) is 8.12. The molecule has 5 heterocycles. The van der Waals surface area contributed by atoms with Gasteiger partial charge in [-0.25, -0.2) is 32.8 Å². The normalized spacial score (nSPS) is 14.9. The van der Waals surface area contributed by atoms with Crippen LogP contribution in [0, 0.1) is 6.92 Å². The predicted molar refractivity (Wildman–Crippen MR) is 154 cm³/mol. The summed E-state index contributed by atoms with van der Waals surface area (Å²) >= 11 is 0. The summed E-state index contributed by atoms with van der Waals surface area (Å²) in [4.78, 5) is 18.4. The zero-order valence-electron chi connectivity index (χ0n) is 22.0. The Morgan fingerprint density at radius 1 is 0.976 bits per heavy atom. The summed E-state index contributed by atoms with van der Waals surface area (Å²) in [6, 6.07) is 18.2. The fourth-order valence-corrected chi connectivity index (χ4v) is 6.83. The van der Waals surface area contributed by atoms with Gasteiger partial charge in [-0.3, -0.25) is 9.55 Å². The largest absolute Gasteiger partial charge is 0.383 e. The number of nitrogens with one attached hydrogen (secondary N) is 1. The number of nitrogens with two attached hydrogens (primary N) is 1. The van der Waals surface area contributed by atoms with Crippen LogP contribution in [0.3, 0.4) is 0 Å². The van der Waals surface area contributed by atoms with Gasteiger partial charge < -0.3 is 5.73 Å². The molecule has 7 rings (SSSR count). The number of imidazole rings is 1. The molecule has 1 aliphatic carbocycles. The van der Waals surface area contributed by atoms with Gasteiger partial charge in [0.2, 0.25) is 10.0 Å². The Bertz CT molecular complexity index is 2040. The highest BCUT2D eigenvalue weighted by atomic mass is 32.2. The summed E-state index contributed by atoms with van der Waals surface area (Å²) in [5.74, 6) is 1.62. The van der Waals surface area contributed by atoms with Crippen LogP contribution >= 0.6 is 0 Å². The van der Waals surface area contributed by atoms with Crippen LogP contribution in [0.1, 0.15) is 29.3 Å². The molecule has 0 unspecified atom stereocenters. The van der Waals surface area contributed by atoms with Crippen molar-refractivity contribution in [3.8, 4) is 22.9 Å². The lowest BCUT2D eigenvalue weighted by atomic mass is 10.1. The summed E-state index contributed by atoms with van der Waals surface area (Å²) in [6.45, 7) is 1.69. The molecule has 11 nitrogen and oxygen atoms in total. The molecule has 0 saturated heterocycles. The molecule has 5 aromatic heterocycles. The van der Waals surface area contributed by atoms with Crippen molar-refractivity contribution in [3.05, 3.63) is 102 Å². The highest BCUT2D eigenvalue weighted by Crippen LogP contribution is 2.36. The van der Waals surface area contributed by atoms with E-state index >= 15 is 0 Å². The lowest BCUT2D eigenvalue weighted by Gasteiger charge is -2.16. The highest BCUT2D eigenvalue weighted by molar-refractivity contribution is 7.89. The van der Waals surface area contributed by atoms with E-state index in [1.165, 1.54) is 0 Å². The molecular formula is C29H25N9O2S. The number of aromatic nitrogens is 7. The van der Waals surface area contributed by atoms with Gasteiger partial charge in [-0.2, -0.15) is 5.10 Å². The minimum absolute atomic E-state index is 0.188. The van der Waals surface area contributed by atoms with Crippen molar-refractivity contribution in [2.45, 2.75) is 30.7 Å². The third kappa shape index (κ3) is 4.33. The van der Waals surface area contributed by atoms with Gasteiger partial charge in [-0.05, 0) is 85.5 Å². The molecule has 12 heteroatoms. The Kier molecular flexibility index (Phi) is 5.87. The molecular weight excluding hydrogens is 538 g/mol. The van der Waals surface area contributed by atoms with E-state index in [1.54, 1.807) is 42.3 Å². The number of nitrogen functional groups attached to an aromatic ring is 1. The van der Waals surface area contributed by atoms with Crippen molar-refractivity contribution in [2.24, 2.45) is 0 Å². The fourth-order valence-electron chi connectivity index (χ4n) is 5.38. The summed E-state index contributed by atoms with van der Waals surface area (Å²) in [7, 11) is -3.74. The van der Waals surface area contributed by atoms with Crippen molar-refractivity contribution in [1.82, 2.24) is 39.0 Å². The Morgan fingerprint density at radius 2 is 1.83 bits per heavy atom. The first-order chi connectivity index (χ1) is 19.9. The van der Waals surface area contributed by atoms with Crippen molar-refractivity contribution in [1.29, 1.82) is 0 Å². The van der Waals surface area contributed by atoms with Crippen LogP contribution in [-0.4, -0.2) is 42.7 Å². The number of benzene rings is 1. The van der Waals surface area contributed by atoms with Crippen LogP contribution < -0.4 is 10.5 Å². The second kappa shape index (κ2) is 9.61. The van der Waals surface area contributed by atoms with Gasteiger partial charge in [0.05, 0.1) is 11.3 Å². The quantitative estimate of drug-likeness (QED) is 0.310.